The number of fused-ring (bicyclic) bond motifs is 4. The highest BCUT2D eigenvalue weighted by atomic mass is 16.5. The lowest BCUT2D eigenvalue weighted by Crippen LogP contribution is -2.31. The first-order valence-corrected chi connectivity index (χ1v) is 24.5. The minimum atomic E-state index is -1.63. The van der Waals surface area contributed by atoms with E-state index in [9.17, 15) is 2.74 Å². The Balaban J connectivity index is 1.19. The van der Waals surface area contributed by atoms with E-state index in [0.29, 0.717) is 46.4 Å². The molecule has 0 amide bonds. The van der Waals surface area contributed by atoms with E-state index in [2.05, 4.69) is 110 Å². The molecule has 10 aromatic rings. The molecule has 0 N–H and O–H groups in total. The minimum Gasteiger partial charge on any atom is -0.458 e. The van der Waals surface area contributed by atoms with E-state index in [1.165, 1.54) is 0 Å². The number of ether oxygens (including phenoxy) is 1. The van der Waals surface area contributed by atoms with E-state index in [-0.39, 0.29) is 33.9 Å². The third-order valence-electron chi connectivity index (χ3n) is 12.7. The largest absolute Gasteiger partial charge is 0.458 e. The van der Waals surface area contributed by atoms with Gasteiger partial charge < -0.3 is 4.74 Å². The maximum absolute atomic E-state index is 9.29. The Bertz CT molecular complexity index is 3950. The molecule has 0 bridgehead atoms. The summed E-state index contributed by atoms with van der Waals surface area (Å²) in [6.07, 6.45) is 4.38. The highest BCUT2D eigenvalue weighted by Gasteiger charge is 2.26. The van der Waals surface area contributed by atoms with E-state index in [4.69, 9.17) is 21.6 Å². The zero-order valence-electron chi connectivity index (χ0n) is 50.1. The second kappa shape index (κ2) is 17.8. The van der Waals surface area contributed by atoms with Crippen LogP contribution in [0, 0.1) is 17.2 Å². The summed E-state index contributed by atoms with van der Waals surface area (Å²) in [5.41, 5.74) is 8.52. The maximum atomic E-state index is 9.29. The molecule has 0 radical (unpaired) electrons. The van der Waals surface area contributed by atoms with Crippen LogP contribution in [0.3, 0.4) is 0 Å². The summed E-state index contributed by atoms with van der Waals surface area (Å²) < 4.78 is 75.8. The van der Waals surface area contributed by atoms with E-state index < -0.39 is 29.9 Å². The van der Waals surface area contributed by atoms with Gasteiger partial charge in [0.1, 0.15) is 17.3 Å². The molecular weight excluding hydrogens is 867 g/mol. The SMILES string of the molecule is [2H]c1c([2H])c([2H])c(-c2cccc(-c3cc(C(C)(C)C)cc(C(C)(C)C)c3)c2-[n+]2[c-]n(-c3cc(Oc4ccc5c6ccccc6n(-c6cc(C([2H])([2H])C(C)(C)C)ccn6)c5c4)cc(CC(C)(C)C)n3)c3ccccc32)c([2H])c1[2H]. The van der Waals surface area contributed by atoms with Crippen molar-refractivity contribution in [3.05, 3.63) is 193 Å². The van der Waals surface area contributed by atoms with Gasteiger partial charge in [0.25, 0.3) is 6.33 Å². The molecule has 4 aromatic heterocycles. The smallest absolute Gasteiger partial charge is 0.271 e. The third kappa shape index (κ3) is 9.78. The van der Waals surface area contributed by atoms with Crippen LogP contribution in [0.25, 0.3) is 72.4 Å². The minimum absolute atomic E-state index is 0.0878. The maximum Gasteiger partial charge on any atom is 0.271 e. The molecular formula is C65H67N5O. The number of benzene rings is 6. The van der Waals surface area contributed by atoms with E-state index in [1.54, 1.807) is 12.3 Å². The molecule has 0 saturated carbocycles. The Morgan fingerprint density at radius 2 is 1.25 bits per heavy atom. The Morgan fingerprint density at radius 1 is 0.592 bits per heavy atom. The molecule has 6 heteroatoms. The van der Waals surface area contributed by atoms with Gasteiger partial charge in [0.15, 0.2) is 5.82 Å². The summed E-state index contributed by atoms with van der Waals surface area (Å²) in [4.78, 5) is 10.1. The first kappa shape index (κ1) is 39.4. The second-order valence-electron chi connectivity index (χ2n) is 23.1. The van der Waals surface area contributed by atoms with Gasteiger partial charge in [0, 0.05) is 43.6 Å². The number of imidazole rings is 1. The Hall–Kier alpha value is -7.31. The van der Waals surface area contributed by atoms with Crippen LogP contribution in [0.1, 0.15) is 115 Å². The van der Waals surface area contributed by atoms with Crippen molar-refractivity contribution < 1.29 is 18.9 Å². The van der Waals surface area contributed by atoms with Gasteiger partial charge in [-0.25, -0.2) is 4.98 Å². The molecule has 0 unspecified atom stereocenters. The monoisotopic (exact) mass is 941 g/mol. The lowest BCUT2D eigenvalue weighted by Gasteiger charge is -2.27. The van der Waals surface area contributed by atoms with E-state index in [0.717, 1.165) is 60.8 Å². The van der Waals surface area contributed by atoms with Crippen LogP contribution in [-0.2, 0) is 23.6 Å². The van der Waals surface area contributed by atoms with Crippen LogP contribution in [0.2, 0.25) is 0 Å². The predicted octanol–water partition coefficient (Wildman–Crippen LogP) is 16.5. The van der Waals surface area contributed by atoms with Crippen molar-refractivity contribution in [2.45, 2.75) is 107 Å². The molecule has 4 heterocycles. The summed E-state index contributed by atoms with van der Waals surface area (Å²) in [5.74, 6) is 2.26. The van der Waals surface area contributed by atoms with Crippen molar-refractivity contribution in [1.29, 1.82) is 0 Å². The van der Waals surface area contributed by atoms with Gasteiger partial charge in [-0.2, -0.15) is 0 Å². The zero-order chi connectivity index (χ0) is 56.2. The molecule has 0 atom stereocenters. The molecule has 358 valence electrons. The highest BCUT2D eigenvalue weighted by molar-refractivity contribution is 6.09. The number of aromatic nitrogens is 5. The van der Waals surface area contributed by atoms with Gasteiger partial charge >= 0.3 is 0 Å². The summed E-state index contributed by atoms with van der Waals surface area (Å²) in [7, 11) is 0. The average Bonchev–Trinajstić information content (AvgIpc) is 3.97. The van der Waals surface area contributed by atoms with Gasteiger partial charge in [0.05, 0.1) is 34.6 Å². The fourth-order valence-electron chi connectivity index (χ4n) is 9.45. The number of rotatable bonds is 9. The van der Waals surface area contributed by atoms with Crippen LogP contribution in [0.4, 0.5) is 0 Å². The molecule has 0 fully saturated rings. The van der Waals surface area contributed by atoms with Gasteiger partial charge in [-0.1, -0.05) is 192 Å². The Labute approximate surface area is 430 Å². The number of hydrogen-bond donors (Lipinski definition) is 0. The van der Waals surface area contributed by atoms with Crippen molar-refractivity contribution in [3.63, 3.8) is 0 Å². The molecule has 6 aromatic carbocycles. The fraction of sp³-hybridized carbons (Fsp3) is 0.277. The molecule has 10 rings (SSSR count). The number of para-hydroxylation sites is 4. The van der Waals surface area contributed by atoms with E-state index >= 15 is 0 Å². The van der Waals surface area contributed by atoms with E-state index in [1.807, 2.05) is 115 Å². The van der Waals surface area contributed by atoms with Gasteiger partial charge in [-0.05, 0) is 104 Å². The summed E-state index contributed by atoms with van der Waals surface area (Å²) in [6.45, 7) is 25.4. The molecule has 0 aliphatic rings. The summed E-state index contributed by atoms with van der Waals surface area (Å²) in [5, 5.41) is 2.02. The third-order valence-corrected chi connectivity index (χ3v) is 12.7. The van der Waals surface area contributed by atoms with Crippen LogP contribution >= 0.6 is 0 Å². The van der Waals surface area contributed by atoms with Crippen LogP contribution in [-0.4, -0.2) is 19.1 Å². The quantitative estimate of drug-likeness (QED) is 0.107. The second-order valence-corrected chi connectivity index (χ2v) is 23.1. The molecule has 0 saturated heterocycles. The Morgan fingerprint density at radius 3 is 1.94 bits per heavy atom. The summed E-state index contributed by atoms with van der Waals surface area (Å²) in [6, 6.07) is 40.2. The van der Waals surface area contributed by atoms with Crippen LogP contribution < -0.4 is 9.30 Å². The summed E-state index contributed by atoms with van der Waals surface area (Å²) >= 11 is 0. The molecule has 0 aliphatic heterocycles. The van der Waals surface area contributed by atoms with Crippen LogP contribution in [0.5, 0.6) is 11.5 Å². The van der Waals surface area contributed by atoms with Crippen molar-refractivity contribution in [2.75, 3.05) is 0 Å². The molecule has 0 aliphatic carbocycles. The van der Waals surface area contributed by atoms with Crippen molar-refractivity contribution in [2.24, 2.45) is 10.8 Å². The standard InChI is InChI=1S/C65H67N5O/c1-62(2,3)40-43-31-32-66-59(33-43)70-55-26-17-16-23-53(55)54-30-29-49(38-58(54)70)71-50-37-48(41-63(4,5)6)67-60(39-50)68-42-69(57-28-19-18-27-56(57)68)61-51(44-21-14-13-15-22-44)24-20-25-52(61)45-34-46(64(7,8)9)36-47(35-45)65(10,11)12/h13-39H,40-41H2,1-12H3/i13D,14D,15D,21D,22D,40D2. The lowest BCUT2D eigenvalue weighted by molar-refractivity contribution is -0.571. The number of nitrogens with zero attached hydrogens (tertiary/aromatic N) is 5. The first-order chi connectivity index (χ1) is 36.5. The van der Waals surface area contributed by atoms with Gasteiger partial charge in [-0.15, -0.1) is 0 Å². The lowest BCUT2D eigenvalue weighted by atomic mass is 9.78. The molecule has 0 spiro atoms. The normalized spacial score (nSPS) is 14.2. The number of hydrogen-bond acceptors (Lipinski definition) is 3. The molecule has 71 heavy (non-hydrogen) atoms. The Kier molecular flexibility index (Phi) is 9.90. The van der Waals surface area contributed by atoms with Crippen LogP contribution in [0.15, 0.2) is 164 Å². The predicted molar refractivity (Wildman–Crippen MR) is 295 cm³/mol. The van der Waals surface area contributed by atoms with Gasteiger partial charge in [-0.3, -0.25) is 18.7 Å². The zero-order valence-corrected chi connectivity index (χ0v) is 43.1. The first-order valence-electron chi connectivity index (χ1n) is 28.0. The topological polar surface area (TPSA) is 48.8 Å². The fourth-order valence-corrected chi connectivity index (χ4v) is 9.45. The highest BCUT2D eigenvalue weighted by Crippen LogP contribution is 2.40. The molecule has 6 nitrogen and oxygen atoms in total. The van der Waals surface area contributed by atoms with Crippen molar-refractivity contribution >= 4 is 32.8 Å². The average molecular weight is 941 g/mol. The van der Waals surface area contributed by atoms with Crippen molar-refractivity contribution in [1.82, 2.24) is 19.1 Å². The van der Waals surface area contributed by atoms with Gasteiger partial charge in [0.2, 0.25) is 0 Å². The number of pyridine rings is 2. The van der Waals surface area contributed by atoms with Crippen molar-refractivity contribution in [3.8, 4) is 51.1 Å².